The van der Waals surface area contributed by atoms with Crippen molar-refractivity contribution in [2.45, 2.75) is 30.9 Å². The molecule has 196 valence electrons. The maximum atomic E-state index is 13.9. The van der Waals surface area contributed by atoms with Crippen molar-refractivity contribution in [1.82, 2.24) is 20.1 Å². The van der Waals surface area contributed by atoms with Crippen molar-refractivity contribution < 1.29 is 28.6 Å². The zero-order valence-corrected chi connectivity index (χ0v) is 20.7. The van der Waals surface area contributed by atoms with Gasteiger partial charge in [0.25, 0.3) is 5.91 Å². The maximum Gasteiger partial charge on any atom is 0.342 e. The molecule has 2 aliphatic heterocycles. The molecule has 0 unspecified atom stereocenters. The molecule has 1 atom stereocenters. The predicted molar refractivity (Wildman–Crippen MR) is 134 cm³/mol. The quantitative estimate of drug-likeness (QED) is 0.401. The van der Waals surface area contributed by atoms with Gasteiger partial charge in [-0.3, -0.25) is 4.79 Å². The van der Waals surface area contributed by atoms with Crippen molar-refractivity contribution in [2.75, 3.05) is 31.8 Å². The number of hydrogen-bond acceptors (Lipinski definition) is 7. The molecule has 0 bridgehead atoms. The molecule has 3 aromatic rings. The van der Waals surface area contributed by atoms with Gasteiger partial charge in [0.15, 0.2) is 0 Å². The smallest absolute Gasteiger partial charge is 0.342 e. The van der Waals surface area contributed by atoms with Gasteiger partial charge < -0.3 is 24.8 Å². The first-order valence-corrected chi connectivity index (χ1v) is 12.1. The van der Waals surface area contributed by atoms with Crippen LogP contribution in [0.2, 0.25) is 0 Å². The van der Waals surface area contributed by atoms with E-state index in [2.05, 4.69) is 27.2 Å². The number of halogens is 1. The number of anilines is 1. The van der Waals surface area contributed by atoms with E-state index in [-0.39, 0.29) is 18.9 Å². The second-order valence-electron chi connectivity index (χ2n) is 9.21. The van der Waals surface area contributed by atoms with Gasteiger partial charge in [0, 0.05) is 49.8 Å². The summed E-state index contributed by atoms with van der Waals surface area (Å²) < 4.78 is 26.0. The first-order valence-electron chi connectivity index (χ1n) is 12.1. The number of aromatic nitrogens is 3. The molecule has 4 heterocycles. The van der Waals surface area contributed by atoms with Crippen LogP contribution in [0, 0.1) is 17.8 Å². The van der Waals surface area contributed by atoms with Gasteiger partial charge in [0.2, 0.25) is 5.95 Å². The summed E-state index contributed by atoms with van der Waals surface area (Å²) in [5, 5.41) is 17.3. The summed E-state index contributed by atoms with van der Waals surface area (Å²) in [5.74, 6) is 5.42. The molecule has 2 aliphatic rings. The van der Waals surface area contributed by atoms with Crippen molar-refractivity contribution >= 4 is 17.6 Å². The van der Waals surface area contributed by atoms with Gasteiger partial charge in [-0.1, -0.05) is 17.9 Å². The second kappa shape index (κ2) is 10.6. The van der Waals surface area contributed by atoms with E-state index in [1.54, 1.807) is 37.4 Å². The molecule has 5 rings (SSSR count). The number of benzene rings is 1. The number of nitrogens with zero attached hydrogens (tertiary/aromatic N) is 4. The minimum atomic E-state index is -1.10. The van der Waals surface area contributed by atoms with Gasteiger partial charge in [0.1, 0.15) is 24.0 Å². The van der Waals surface area contributed by atoms with Gasteiger partial charge in [-0.25, -0.2) is 9.78 Å². The third-order valence-corrected chi connectivity index (χ3v) is 6.49. The molecule has 2 N–H and O–H groups in total. The highest BCUT2D eigenvalue weighted by atomic mass is 19.1. The second-order valence-corrected chi connectivity index (χ2v) is 9.21. The zero-order chi connectivity index (χ0) is 26.7. The summed E-state index contributed by atoms with van der Waals surface area (Å²) in [4.78, 5) is 31.0. The third kappa shape index (κ3) is 5.51. The lowest BCUT2D eigenvalue weighted by Crippen LogP contribution is -2.50. The summed E-state index contributed by atoms with van der Waals surface area (Å²) in [6.07, 6.45) is 5.38. The number of hydrogen-bond donors (Lipinski definition) is 2. The fraction of sp³-hybridized carbons (Fsp3) is 0.333. The highest BCUT2D eigenvalue weighted by Gasteiger charge is 2.31. The van der Waals surface area contributed by atoms with E-state index in [4.69, 9.17) is 9.47 Å². The molecule has 0 aliphatic carbocycles. The summed E-state index contributed by atoms with van der Waals surface area (Å²) in [6.45, 7) is 0.828. The number of carbonyl (C=O) groups excluding carboxylic acids is 2. The van der Waals surface area contributed by atoms with Crippen LogP contribution in [0.5, 0.6) is 5.75 Å². The maximum absolute atomic E-state index is 13.9. The van der Waals surface area contributed by atoms with Crippen LogP contribution in [0.3, 0.4) is 0 Å². The monoisotopic (exact) mass is 519 g/mol. The highest BCUT2D eigenvalue weighted by molar-refractivity contribution is 6.00. The molecule has 11 heteroatoms. The number of aliphatic hydroxyl groups is 1. The topological polar surface area (TPSA) is 119 Å². The Bertz CT molecular complexity index is 1420. The molecular formula is C27H26FN5O5. The molecule has 2 aromatic heterocycles. The highest BCUT2D eigenvalue weighted by Crippen LogP contribution is 2.31. The van der Waals surface area contributed by atoms with Gasteiger partial charge in [0.05, 0.1) is 25.1 Å². The molecule has 10 nitrogen and oxygen atoms in total. The minimum absolute atomic E-state index is 0.0816. The van der Waals surface area contributed by atoms with Crippen LogP contribution in [0.4, 0.5) is 14.9 Å². The fourth-order valence-corrected chi connectivity index (χ4v) is 4.25. The van der Waals surface area contributed by atoms with Crippen LogP contribution in [0.25, 0.3) is 0 Å². The standard InChI is InChI=1S/C27H26FN5O5/c1-32-22-14-18(6-7-27(36)8-11-37-12-9-27)4-5-23(22)38-17-21(25(32)34)31-26(35)33-16-19(15-30-33)13-20-3-2-10-29-24(20)28/h2-5,10,14-16,21,36H,8-9,11-13,17H2,1H3,(H,31,35)/t21-/m0/s1. The molecule has 1 saturated heterocycles. The number of pyridine rings is 1. The number of amides is 2. The van der Waals surface area contributed by atoms with E-state index in [1.807, 2.05) is 0 Å². The van der Waals surface area contributed by atoms with E-state index in [1.165, 1.54) is 23.5 Å². The van der Waals surface area contributed by atoms with Gasteiger partial charge >= 0.3 is 6.03 Å². The van der Waals surface area contributed by atoms with Gasteiger partial charge in [-0.15, -0.1) is 0 Å². The van der Waals surface area contributed by atoms with Crippen LogP contribution in [-0.4, -0.2) is 70.3 Å². The van der Waals surface area contributed by atoms with Gasteiger partial charge in [-0.05, 0) is 29.8 Å². The Balaban J connectivity index is 1.26. The minimum Gasteiger partial charge on any atom is -0.489 e. The SMILES string of the molecule is CN1C(=O)[C@@H](NC(=O)n2cc(Cc3cccnc3F)cn2)COc2ccc(C#CC3(O)CCOCC3)cc21. The number of rotatable bonds is 3. The molecule has 0 saturated carbocycles. The van der Waals surface area contributed by atoms with Crippen LogP contribution in [0.1, 0.15) is 29.5 Å². The van der Waals surface area contributed by atoms with Crippen LogP contribution < -0.4 is 15.0 Å². The van der Waals surface area contributed by atoms with Crippen molar-refractivity contribution in [3.05, 3.63) is 71.6 Å². The van der Waals surface area contributed by atoms with E-state index in [0.29, 0.717) is 54.2 Å². The summed E-state index contributed by atoms with van der Waals surface area (Å²) in [5.41, 5.74) is 1.00. The van der Waals surface area contributed by atoms with E-state index in [9.17, 15) is 19.1 Å². The van der Waals surface area contributed by atoms with Crippen LogP contribution >= 0.6 is 0 Å². The number of nitrogens with one attached hydrogen (secondary N) is 1. The molecule has 1 fully saturated rings. The molecule has 2 amide bonds. The Kier molecular flexibility index (Phi) is 7.09. The van der Waals surface area contributed by atoms with Crippen LogP contribution in [0.15, 0.2) is 48.9 Å². The lowest BCUT2D eigenvalue weighted by atomic mass is 9.95. The lowest BCUT2D eigenvalue weighted by molar-refractivity contribution is -0.120. The number of likely N-dealkylation sites (N-methyl/N-ethyl adjacent to an activating group) is 1. The molecule has 1 aromatic carbocycles. The predicted octanol–water partition coefficient (Wildman–Crippen LogP) is 1.88. The third-order valence-electron chi connectivity index (χ3n) is 6.49. The molecular weight excluding hydrogens is 493 g/mol. The first-order chi connectivity index (χ1) is 18.3. The van der Waals surface area contributed by atoms with E-state index < -0.39 is 23.6 Å². The van der Waals surface area contributed by atoms with Crippen molar-refractivity contribution in [1.29, 1.82) is 0 Å². The summed E-state index contributed by atoms with van der Waals surface area (Å²) in [6, 6.07) is 6.82. The lowest BCUT2D eigenvalue weighted by Gasteiger charge is -2.26. The molecule has 38 heavy (non-hydrogen) atoms. The Labute approximate surface area is 218 Å². The fourth-order valence-electron chi connectivity index (χ4n) is 4.25. The average Bonchev–Trinajstić information content (AvgIpc) is 3.36. The van der Waals surface area contributed by atoms with Crippen molar-refractivity contribution in [3.8, 4) is 17.6 Å². The van der Waals surface area contributed by atoms with E-state index >= 15 is 0 Å². The molecule has 0 spiro atoms. The van der Waals surface area contributed by atoms with Crippen molar-refractivity contribution in [2.24, 2.45) is 0 Å². The Morgan fingerprint density at radius 1 is 1.32 bits per heavy atom. The normalized spacial score (nSPS) is 18.4. The largest absolute Gasteiger partial charge is 0.489 e. The summed E-state index contributed by atoms with van der Waals surface area (Å²) >= 11 is 0. The average molecular weight is 520 g/mol. The Morgan fingerprint density at radius 2 is 2.13 bits per heavy atom. The van der Waals surface area contributed by atoms with Crippen molar-refractivity contribution in [3.63, 3.8) is 0 Å². The first kappa shape index (κ1) is 25.4. The number of carbonyl (C=O) groups is 2. The Hall–Kier alpha value is -4.27. The van der Waals surface area contributed by atoms with E-state index in [0.717, 1.165) is 4.68 Å². The summed E-state index contributed by atoms with van der Waals surface area (Å²) in [7, 11) is 1.59. The molecule has 0 radical (unpaired) electrons. The van der Waals surface area contributed by atoms with Crippen LogP contribution in [-0.2, 0) is 16.0 Å². The van der Waals surface area contributed by atoms with Gasteiger partial charge in [-0.2, -0.15) is 14.2 Å². The Morgan fingerprint density at radius 3 is 2.92 bits per heavy atom. The number of ether oxygens (including phenoxy) is 2. The number of fused-ring (bicyclic) bond motifs is 1. The zero-order valence-electron chi connectivity index (χ0n) is 20.7.